The van der Waals surface area contributed by atoms with E-state index in [1.807, 2.05) is 24.3 Å². The minimum atomic E-state index is -0.437. The standard InChI is InChI=1S/C20H23ClN4O4/c1-27-17-8-12(9-18(28-2)19(17)29-3)11-22-25-20(26)16-10-15(23-24-16)13-6-4-5-7-14(13)21/h4-9,11,15-16,23-24H,10H2,1-3H3,(H,25,26)/b22-11+. The molecule has 29 heavy (non-hydrogen) atoms. The highest BCUT2D eigenvalue weighted by Gasteiger charge is 2.30. The molecule has 1 heterocycles. The van der Waals surface area contributed by atoms with E-state index in [0.29, 0.717) is 34.3 Å². The Hall–Kier alpha value is -2.81. The van der Waals surface area contributed by atoms with Crippen LogP contribution in [0, 0.1) is 0 Å². The lowest BCUT2D eigenvalue weighted by molar-refractivity contribution is -0.122. The second kappa shape index (κ2) is 9.60. The Morgan fingerprint density at radius 3 is 2.45 bits per heavy atom. The third-order valence-electron chi connectivity index (χ3n) is 4.58. The lowest BCUT2D eigenvalue weighted by Gasteiger charge is -2.12. The van der Waals surface area contributed by atoms with Crippen LogP contribution in [0.25, 0.3) is 0 Å². The van der Waals surface area contributed by atoms with Gasteiger partial charge in [0.05, 0.1) is 27.5 Å². The quantitative estimate of drug-likeness (QED) is 0.472. The van der Waals surface area contributed by atoms with Crippen LogP contribution in [0.4, 0.5) is 0 Å². The van der Waals surface area contributed by atoms with E-state index < -0.39 is 6.04 Å². The first-order chi connectivity index (χ1) is 14.1. The van der Waals surface area contributed by atoms with Gasteiger partial charge in [-0.1, -0.05) is 29.8 Å². The number of hydrazone groups is 1. The second-order valence-corrected chi connectivity index (χ2v) is 6.75. The highest BCUT2D eigenvalue weighted by molar-refractivity contribution is 6.31. The van der Waals surface area contributed by atoms with Crippen LogP contribution in [-0.2, 0) is 4.79 Å². The van der Waals surface area contributed by atoms with E-state index in [9.17, 15) is 4.79 Å². The van der Waals surface area contributed by atoms with Crippen LogP contribution >= 0.6 is 11.6 Å². The summed E-state index contributed by atoms with van der Waals surface area (Å²) in [6.07, 6.45) is 2.06. The van der Waals surface area contributed by atoms with Crippen molar-refractivity contribution in [3.8, 4) is 17.2 Å². The van der Waals surface area contributed by atoms with E-state index in [0.717, 1.165) is 5.56 Å². The average Bonchev–Trinajstić information content (AvgIpc) is 3.23. The number of ether oxygens (including phenoxy) is 3. The molecule has 2 aromatic rings. The van der Waals surface area contributed by atoms with Crippen LogP contribution in [0.3, 0.4) is 0 Å². The number of halogens is 1. The molecule has 1 aliphatic heterocycles. The molecular weight excluding hydrogens is 396 g/mol. The fourth-order valence-corrected chi connectivity index (χ4v) is 3.38. The molecule has 1 saturated heterocycles. The molecule has 1 amide bonds. The van der Waals surface area contributed by atoms with E-state index in [1.54, 1.807) is 12.1 Å². The fourth-order valence-electron chi connectivity index (χ4n) is 3.11. The highest BCUT2D eigenvalue weighted by Crippen LogP contribution is 2.37. The number of hydrazine groups is 1. The van der Waals surface area contributed by atoms with E-state index in [-0.39, 0.29) is 11.9 Å². The first-order valence-corrected chi connectivity index (χ1v) is 9.33. The van der Waals surface area contributed by atoms with Gasteiger partial charge in [-0.2, -0.15) is 5.10 Å². The monoisotopic (exact) mass is 418 g/mol. The zero-order chi connectivity index (χ0) is 20.8. The van der Waals surface area contributed by atoms with Crippen molar-refractivity contribution in [3.05, 3.63) is 52.5 Å². The summed E-state index contributed by atoms with van der Waals surface area (Å²) in [6.45, 7) is 0. The molecule has 0 bridgehead atoms. The van der Waals surface area contributed by atoms with Crippen LogP contribution < -0.4 is 30.5 Å². The van der Waals surface area contributed by atoms with Gasteiger partial charge in [-0.25, -0.2) is 16.3 Å². The van der Waals surface area contributed by atoms with E-state index >= 15 is 0 Å². The molecule has 0 radical (unpaired) electrons. The summed E-state index contributed by atoms with van der Waals surface area (Å²) in [4.78, 5) is 12.4. The Balaban J connectivity index is 1.62. The van der Waals surface area contributed by atoms with Crippen molar-refractivity contribution >= 4 is 23.7 Å². The summed E-state index contributed by atoms with van der Waals surface area (Å²) in [6, 6.07) is 10.5. The normalized spacial score (nSPS) is 18.6. The van der Waals surface area contributed by atoms with Crippen molar-refractivity contribution in [2.24, 2.45) is 5.10 Å². The first kappa shape index (κ1) is 20.9. The zero-order valence-corrected chi connectivity index (χ0v) is 17.1. The van der Waals surface area contributed by atoms with E-state index in [2.05, 4.69) is 21.4 Å². The molecule has 154 valence electrons. The van der Waals surface area contributed by atoms with Gasteiger partial charge in [-0.05, 0) is 30.2 Å². The van der Waals surface area contributed by atoms with Crippen LogP contribution in [0.1, 0.15) is 23.6 Å². The second-order valence-electron chi connectivity index (χ2n) is 6.34. The van der Waals surface area contributed by atoms with Gasteiger partial charge in [0, 0.05) is 16.6 Å². The number of rotatable bonds is 7. The molecule has 0 aromatic heterocycles. The van der Waals surface area contributed by atoms with Crippen molar-refractivity contribution in [1.29, 1.82) is 0 Å². The van der Waals surface area contributed by atoms with Crippen molar-refractivity contribution in [3.63, 3.8) is 0 Å². The van der Waals surface area contributed by atoms with Crippen LogP contribution in [0.15, 0.2) is 41.5 Å². The van der Waals surface area contributed by atoms with Crippen molar-refractivity contribution < 1.29 is 19.0 Å². The van der Waals surface area contributed by atoms with Gasteiger partial charge in [-0.3, -0.25) is 4.79 Å². The minimum Gasteiger partial charge on any atom is -0.493 e. The van der Waals surface area contributed by atoms with Gasteiger partial charge >= 0.3 is 0 Å². The van der Waals surface area contributed by atoms with Gasteiger partial charge in [0.15, 0.2) is 11.5 Å². The van der Waals surface area contributed by atoms with Gasteiger partial charge in [-0.15, -0.1) is 0 Å². The molecule has 1 fully saturated rings. The third kappa shape index (κ3) is 4.79. The van der Waals surface area contributed by atoms with Crippen molar-refractivity contribution in [2.75, 3.05) is 21.3 Å². The molecule has 8 nitrogen and oxygen atoms in total. The van der Waals surface area contributed by atoms with Gasteiger partial charge < -0.3 is 14.2 Å². The number of benzene rings is 2. The van der Waals surface area contributed by atoms with Crippen LogP contribution in [0.5, 0.6) is 17.2 Å². The Morgan fingerprint density at radius 2 is 1.83 bits per heavy atom. The Labute approximate surface area is 174 Å². The lowest BCUT2D eigenvalue weighted by atomic mass is 10.0. The summed E-state index contributed by atoms with van der Waals surface area (Å²) in [5.41, 5.74) is 10.3. The summed E-state index contributed by atoms with van der Waals surface area (Å²) < 4.78 is 15.9. The number of methoxy groups -OCH3 is 3. The third-order valence-corrected chi connectivity index (χ3v) is 4.92. The number of hydrogen-bond acceptors (Lipinski definition) is 7. The Bertz CT molecular complexity index is 881. The van der Waals surface area contributed by atoms with Crippen molar-refractivity contribution in [1.82, 2.24) is 16.3 Å². The van der Waals surface area contributed by atoms with Crippen LogP contribution in [0.2, 0.25) is 5.02 Å². The van der Waals surface area contributed by atoms with E-state index in [4.69, 9.17) is 25.8 Å². The molecule has 0 saturated carbocycles. The summed E-state index contributed by atoms with van der Waals surface area (Å²) >= 11 is 6.23. The van der Waals surface area contributed by atoms with Crippen LogP contribution in [-0.4, -0.2) is 39.5 Å². The molecule has 0 spiro atoms. The molecule has 3 rings (SSSR count). The Morgan fingerprint density at radius 1 is 1.14 bits per heavy atom. The summed E-state index contributed by atoms with van der Waals surface area (Å²) in [7, 11) is 4.61. The molecule has 1 aliphatic rings. The maximum absolute atomic E-state index is 12.4. The zero-order valence-electron chi connectivity index (χ0n) is 16.4. The fraction of sp³-hybridized carbons (Fsp3) is 0.300. The molecule has 0 aliphatic carbocycles. The SMILES string of the molecule is COc1cc(/C=N/NC(=O)C2CC(c3ccccc3Cl)NN2)cc(OC)c1OC. The van der Waals surface area contributed by atoms with Gasteiger partial charge in [0.1, 0.15) is 6.04 Å². The predicted molar refractivity (Wildman–Crippen MR) is 111 cm³/mol. The minimum absolute atomic E-state index is 0.0569. The summed E-state index contributed by atoms with van der Waals surface area (Å²) in [5.74, 6) is 1.24. The number of carbonyl (C=O) groups is 1. The molecular formula is C20H23ClN4O4. The Kier molecular flexibility index (Phi) is 6.92. The van der Waals surface area contributed by atoms with E-state index in [1.165, 1.54) is 27.5 Å². The first-order valence-electron chi connectivity index (χ1n) is 8.95. The molecule has 2 aromatic carbocycles. The number of amides is 1. The summed E-state index contributed by atoms with van der Waals surface area (Å²) in [5, 5.41) is 4.70. The van der Waals surface area contributed by atoms with Crippen molar-refractivity contribution in [2.45, 2.75) is 18.5 Å². The molecule has 3 N–H and O–H groups in total. The number of carbonyl (C=O) groups excluding carboxylic acids is 1. The molecule has 9 heteroatoms. The molecule has 2 atom stereocenters. The number of nitrogens with one attached hydrogen (secondary N) is 3. The largest absolute Gasteiger partial charge is 0.493 e. The average molecular weight is 419 g/mol. The maximum atomic E-state index is 12.4. The van der Waals surface area contributed by atoms with Gasteiger partial charge in [0.25, 0.3) is 5.91 Å². The highest BCUT2D eigenvalue weighted by atomic mass is 35.5. The predicted octanol–water partition coefficient (Wildman–Crippen LogP) is 2.42. The number of hydrogen-bond donors (Lipinski definition) is 3. The number of nitrogens with zero attached hydrogens (tertiary/aromatic N) is 1. The molecule has 2 unspecified atom stereocenters. The van der Waals surface area contributed by atoms with Gasteiger partial charge in [0.2, 0.25) is 5.75 Å². The smallest absolute Gasteiger partial charge is 0.258 e. The maximum Gasteiger partial charge on any atom is 0.258 e. The topological polar surface area (TPSA) is 93.2 Å². The lowest BCUT2D eigenvalue weighted by Crippen LogP contribution is -2.41.